The van der Waals surface area contributed by atoms with E-state index in [9.17, 15) is 14.0 Å². The Morgan fingerprint density at radius 1 is 1.12 bits per heavy atom. The predicted octanol–water partition coefficient (Wildman–Crippen LogP) is 6.14. The summed E-state index contributed by atoms with van der Waals surface area (Å²) in [6.07, 6.45) is 6.87. The number of hydrogen-bond acceptors (Lipinski definition) is 6. The van der Waals surface area contributed by atoms with Crippen molar-refractivity contribution < 1.29 is 18.7 Å². The van der Waals surface area contributed by atoms with E-state index >= 15 is 0 Å². The summed E-state index contributed by atoms with van der Waals surface area (Å²) in [5, 5.41) is 6.23. The number of benzene rings is 1. The van der Waals surface area contributed by atoms with Gasteiger partial charge in [-0.25, -0.2) is 19.2 Å². The van der Waals surface area contributed by atoms with Crippen LogP contribution < -0.4 is 15.5 Å². The SMILES string of the molecule is CN(C(=O)OC(C)(C)C)c1ncccc1CNC(=O)c1ccc(C2=CCCC2)nc1NCCc1cccc(F)c1. The third-order valence-corrected chi connectivity index (χ3v) is 6.40. The van der Waals surface area contributed by atoms with Crippen LogP contribution in [0.25, 0.3) is 5.57 Å². The lowest BCUT2D eigenvalue weighted by molar-refractivity contribution is 0.0588. The first-order valence-corrected chi connectivity index (χ1v) is 13.5. The van der Waals surface area contributed by atoms with Gasteiger partial charge in [-0.15, -0.1) is 0 Å². The van der Waals surface area contributed by atoms with E-state index in [-0.39, 0.29) is 18.3 Å². The van der Waals surface area contributed by atoms with E-state index in [0.29, 0.717) is 35.7 Å². The van der Waals surface area contributed by atoms with Gasteiger partial charge in [0.25, 0.3) is 5.91 Å². The Labute approximate surface area is 234 Å². The minimum atomic E-state index is -0.652. The Balaban J connectivity index is 1.50. The highest BCUT2D eigenvalue weighted by Crippen LogP contribution is 2.28. The maximum Gasteiger partial charge on any atom is 0.415 e. The highest BCUT2D eigenvalue weighted by Gasteiger charge is 2.23. The molecule has 1 aromatic carbocycles. The first kappa shape index (κ1) is 28.7. The van der Waals surface area contributed by atoms with Gasteiger partial charge in [-0.2, -0.15) is 0 Å². The number of rotatable bonds is 9. The molecule has 0 unspecified atom stereocenters. The van der Waals surface area contributed by atoms with E-state index in [1.54, 1.807) is 58.3 Å². The Hall–Kier alpha value is -4.27. The molecule has 0 spiro atoms. The highest BCUT2D eigenvalue weighted by atomic mass is 19.1. The summed E-state index contributed by atoms with van der Waals surface area (Å²) < 4.78 is 19.1. The van der Waals surface area contributed by atoms with Crippen molar-refractivity contribution in [1.82, 2.24) is 15.3 Å². The van der Waals surface area contributed by atoms with Crippen molar-refractivity contribution in [1.29, 1.82) is 0 Å². The molecule has 2 N–H and O–H groups in total. The zero-order chi connectivity index (χ0) is 28.7. The van der Waals surface area contributed by atoms with Crippen molar-refractivity contribution >= 4 is 29.2 Å². The standard InChI is InChI=1S/C31H36FN5O3/c1-31(2,3)40-30(39)37(4)28-23(12-8-17-34-28)20-35-29(38)25-14-15-26(22-10-5-6-11-22)36-27(25)33-18-16-21-9-7-13-24(32)19-21/h7-10,12-15,17,19H,5-6,11,16,18,20H2,1-4H3,(H,33,36)(H,35,38). The first-order chi connectivity index (χ1) is 19.1. The Kier molecular flexibility index (Phi) is 9.14. The molecule has 0 atom stereocenters. The van der Waals surface area contributed by atoms with Gasteiger partial charge in [0.05, 0.1) is 11.3 Å². The molecule has 0 saturated heterocycles. The summed E-state index contributed by atoms with van der Waals surface area (Å²) >= 11 is 0. The highest BCUT2D eigenvalue weighted by molar-refractivity contribution is 5.99. The van der Waals surface area contributed by atoms with E-state index in [2.05, 4.69) is 21.7 Å². The molecule has 40 heavy (non-hydrogen) atoms. The molecule has 210 valence electrons. The van der Waals surface area contributed by atoms with Gasteiger partial charge in [-0.1, -0.05) is 24.3 Å². The number of halogens is 1. The monoisotopic (exact) mass is 545 g/mol. The number of nitrogens with zero attached hydrogens (tertiary/aromatic N) is 3. The predicted molar refractivity (Wildman–Crippen MR) is 155 cm³/mol. The molecule has 0 radical (unpaired) electrons. The molecule has 2 amide bonds. The van der Waals surface area contributed by atoms with Crippen LogP contribution in [0.1, 0.15) is 67.2 Å². The number of carbonyl (C=O) groups is 2. The van der Waals surface area contributed by atoms with Crippen molar-refractivity contribution in [3.05, 3.63) is 89.0 Å². The van der Waals surface area contributed by atoms with Gasteiger partial charge in [-0.05, 0) is 87.9 Å². The molecule has 9 heteroatoms. The molecule has 0 aliphatic heterocycles. The fourth-order valence-electron chi connectivity index (χ4n) is 4.44. The fourth-order valence-corrected chi connectivity index (χ4v) is 4.44. The van der Waals surface area contributed by atoms with Crippen LogP contribution in [0, 0.1) is 5.82 Å². The second-order valence-electron chi connectivity index (χ2n) is 10.7. The summed E-state index contributed by atoms with van der Waals surface area (Å²) in [5.41, 5.74) is 3.27. The minimum absolute atomic E-state index is 0.144. The Bertz CT molecular complexity index is 1400. The average molecular weight is 546 g/mol. The van der Waals surface area contributed by atoms with Crippen molar-refractivity contribution in [2.24, 2.45) is 0 Å². The second-order valence-corrected chi connectivity index (χ2v) is 10.7. The molecule has 1 aliphatic carbocycles. The summed E-state index contributed by atoms with van der Waals surface area (Å²) in [6, 6.07) is 13.7. The Morgan fingerprint density at radius 3 is 2.67 bits per heavy atom. The summed E-state index contributed by atoms with van der Waals surface area (Å²) in [5.74, 6) is 0.268. The van der Waals surface area contributed by atoms with Gasteiger partial charge >= 0.3 is 6.09 Å². The molecule has 0 bridgehead atoms. The third kappa shape index (κ3) is 7.65. The van der Waals surface area contributed by atoms with Crippen LogP contribution in [0.5, 0.6) is 0 Å². The number of allylic oxidation sites excluding steroid dienone is 2. The molecule has 3 aromatic rings. The lowest BCUT2D eigenvalue weighted by Crippen LogP contribution is -2.35. The van der Waals surface area contributed by atoms with Crippen LogP contribution in [0.2, 0.25) is 0 Å². The molecule has 0 saturated carbocycles. The van der Waals surface area contributed by atoms with Crippen molar-refractivity contribution in [2.45, 2.75) is 58.6 Å². The smallest absolute Gasteiger partial charge is 0.415 e. The number of aromatic nitrogens is 2. The lowest BCUT2D eigenvalue weighted by Gasteiger charge is -2.25. The second kappa shape index (κ2) is 12.7. The van der Waals surface area contributed by atoms with Crippen LogP contribution in [-0.2, 0) is 17.7 Å². The van der Waals surface area contributed by atoms with Crippen molar-refractivity contribution in [3.8, 4) is 0 Å². The number of amides is 2. The van der Waals surface area contributed by atoms with Crippen LogP contribution in [0.15, 0.2) is 60.8 Å². The van der Waals surface area contributed by atoms with Gasteiger partial charge in [0.15, 0.2) is 0 Å². The number of anilines is 2. The number of carbonyl (C=O) groups excluding carboxylic acids is 2. The Morgan fingerprint density at radius 2 is 1.95 bits per heavy atom. The fraction of sp³-hybridized carbons (Fsp3) is 0.355. The maximum absolute atomic E-state index is 13.6. The summed E-state index contributed by atoms with van der Waals surface area (Å²) in [7, 11) is 1.59. The van der Waals surface area contributed by atoms with E-state index in [4.69, 9.17) is 9.72 Å². The van der Waals surface area contributed by atoms with E-state index in [0.717, 1.165) is 30.5 Å². The van der Waals surface area contributed by atoms with Crippen molar-refractivity contribution in [2.75, 3.05) is 23.8 Å². The van der Waals surface area contributed by atoms with Crippen LogP contribution in [0.3, 0.4) is 0 Å². The zero-order valence-electron chi connectivity index (χ0n) is 23.5. The molecule has 1 aliphatic rings. The van der Waals surface area contributed by atoms with E-state index < -0.39 is 11.7 Å². The van der Waals surface area contributed by atoms with Crippen LogP contribution >= 0.6 is 0 Å². The number of hydrogen-bond donors (Lipinski definition) is 2. The maximum atomic E-state index is 13.6. The molecular weight excluding hydrogens is 509 g/mol. The van der Waals surface area contributed by atoms with Gasteiger partial charge < -0.3 is 15.4 Å². The topological polar surface area (TPSA) is 96.5 Å². The molecule has 8 nitrogen and oxygen atoms in total. The average Bonchev–Trinajstić information content (AvgIpc) is 3.46. The summed E-state index contributed by atoms with van der Waals surface area (Å²) in [4.78, 5) is 36.4. The van der Waals surface area contributed by atoms with Crippen LogP contribution in [-0.4, -0.2) is 41.2 Å². The van der Waals surface area contributed by atoms with Crippen LogP contribution in [0.4, 0.5) is 20.8 Å². The quantitative estimate of drug-likeness (QED) is 0.335. The van der Waals surface area contributed by atoms with Gasteiger partial charge in [0.1, 0.15) is 23.1 Å². The third-order valence-electron chi connectivity index (χ3n) is 6.40. The zero-order valence-corrected chi connectivity index (χ0v) is 23.5. The van der Waals surface area contributed by atoms with Gasteiger partial charge in [0.2, 0.25) is 0 Å². The normalized spacial score (nSPS) is 13.0. The molecule has 2 aromatic heterocycles. The minimum Gasteiger partial charge on any atom is -0.443 e. The molecular formula is C31H36FN5O3. The number of pyridine rings is 2. The van der Waals surface area contributed by atoms with Gasteiger partial charge in [0, 0.05) is 31.9 Å². The first-order valence-electron chi connectivity index (χ1n) is 13.5. The van der Waals surface area contributed by atoms with E-state index in [1.165, 1.54) is 22.6 Å². The number of ether oxygens (including phenoxy) is 1. The van der Waals surface area contributed by atoms with E-state index in [1.807, 2.05) is 12.1 Å². The molecule has 0 fully saturated rings. The number of nitrogens with one attached hydrogen (secondary N) is 2. The molecule has 2 heterocycles. The molecule has 4 rings (SSSR count). The summed E-state index contributed by atoms with van der Waals surface area (Å²) in [6.45, 7) is 6.01. The largest absolute Gasteiger partial charge is 0.443 e. The van der Waals surface area contributed by atoms with Crippen molar-refractivity contribution in [3.63, 3.8) is 0 Å². The van der Waals surface area contributed by atoms with Gasteiger partial charge in [-0.3, -0.25) is 9.69 Å². The lowest BCUT2D eigenvalue weighted by atomic mass is 10.1.